The fourth-order valence-electron chi connectivity index (χ4n) is 2.06. The molecule has 128 valence electrons. The molecule has 0 aliphatic carbocycles. The number of aryl methyl sites for hydroxylation is 1. The summed E-state index contributed by atoms with van der Waals surface area (Å²) in [6.45, 7) is 4.25. The van der Waals surface area contributed by atoms with Crippen molar-refractivity contribution in [3.05, 3.63) is 65.5 Å². The first kappa shape index (κ1) is 18.3. The van der Waals surface area contributed by atoms with Gasteiger partial charge in [-0.1, -0.05) is 35.9 Å². The zero-order valence-electron chi connectivity index (χ0n) is 13.9. The molecule has 2 aromatic rings. The molecule has 0 fully saturated rings. The van der Waals surface area contributed by atoms with Gasteiger partial charge in [0.25, 0.3) is 5.91 Å². The molecule has 0 saturated carbocycles. The van der Waals surface area contributed by atoms with E-state index in [9.17, 15) is 9.18 Å². The Morgan fingerprint density at radius 3 is 2.62 bits per heavy atom. The minimum absolute atomic E-state index is 0.151. The number of nitrogens with one attached hydrogen (secondary N) is 1. The van der Waals surface area contributed by atoms with Crippen LogP contribution < -0.4 is 10.1 Å². The van der Waals surface area contributed by atoms with Crippen LogP contribution in [0.5, 0.6) is 5.75 Å². The maximum Gasteiger partial charge on any atom is 0.260 e. The van der Waals surface area contributed by atoms with Gasteiger partial charge in [0.2, 0.25) is 0 Å². The average Bonchev–Trinajstić information content (AvgIpc) is 2.58. The van der Waals surface area contributed by atoms with Crippen LogP contribution in [-0.2, 0) is 10.5 Å². The lowest BCUT2D eigenvalue weighted by Gasteiger charge is -2.14. The van der Waals surface area contributed by atoms with Gasteiger partial charge in [-0.05, 0) is 37.6 Å². The Balaban J connectivity index is 1.65. The quantitative estimate of drug-likeness (QED) is 0.735. The SMILES string of the molecule is Cc1ccc(OC(C)C(=O)NCCSCc2ccccc2F)cc1. The van der Waals surface area contributed by atoms with Gasteiger partial charge >= 0.3 is 0 Å². The van der Waals surface area contributed by atoms with Gasteiger partial charge in [0, 0.05) is 18.1 Å². The second-order valence-electron chi connectivity index (χ2n) is 5.51. The summed E-state index contributed by atoms with van der Waals surface area (Å²) in [6, 6.07) is 14.3. The van der Waals surface area contributed by atoms with E-state index in [2.05, 4.69) is 5.32 Å². The highest BCUT2D eigenvalue weighted by molar-refractivity contribution is 7.98. The maximum atomic E-state index is 13.5. The summed E-state index contributed by atoms with van der Waals surface area (Å²) >= 11 is 1.58. The third-order valence-electron chi connectivity index (χ3n) is 3.46. The van der Waals surface area contributed by atoms with Crippen LogP contribution in [-0.4, -0.2) is 24.3 Å². The van der Waals surface area contributed by atoms with Crippen LogP contribution in [0.25, 0.3) is 0 Å². The molecule has 0 spiro atoms. The molecule has 1 N–H and O–H groups in total. The highest BCUT2D eigenvalue weighted by Crippen LogP contribution is 2.15. The number of hydrogen-bond donors (Lipinski definition) is 1. The van der Waals surface area contributed by atoms with Crippen molar-refractivity contribution in [2.24, 2.45) is 0 Å². The molecule has 0 aromatic heterocycles. The van der Waals surface area contributed by atoms with Crippen molar-refractivity contribution < 1.29 is 13.9 Å². The normalized spacial score (nSPS) is 11.8. The van der Waals surface area contributed by atoms with Gasteiger partial charge in [-0.2, -0.15) is 11.8 Å². The lowest BCUT2D eigenvalue weighted by Crippen LogP contribution is -2.37. The lowest BCUT2D eigenvalue weighted by molar-refractivity contribution is -0.127. The molecule has 0 aliphatic rings. The summed E-state index contributed by atoms with van der Waals surface area (Å²) in [6.07, 6.45) is -0.552. The Kier molecular flexibility index (Phi) is 7.12. The standard InChI is InChI=1S/C19H22FNO2S/c1-14-7-9-17(10-8-14)23-15(2)19(22)21-11-12-24-13-16-5-3-4-6-18(16)20/h3-10,15H,11-13H2,1-2H3,(H,21,22). The van der Waals surface area contributed by atoms with Gasteiger partial charge < -0.3 is 10.1 Å². The molecule has 1 unspecified atom stereocenters. The second-order valence-corrected chi connectivity index (χ2v) is 6.61. The molecule has 1 atom stereocenters. The van der Waals surface area contributed by atoms with Crippen LogP contribution in [0, 0.1) is 12.7 Å². The molecule has 2 aromatic carbocycles. The summed E-state index contributed by atoms with van der Waals surface area (Å²) in [5.74, 6) is 1.66. The van der Waals surface area contributed by atoms with E-state index in [0.29, 0.717) is 23.6 Å². The van der Waals surface area contributed by atoms with E-state index in [1.54, 1.807) is 30.8 Å². The van der Waals surface area contributed by atoms with E-state index in [1.807, 2.05) is 37.3 Å². The van der Waals surface area contributed by atoms with Crippen LogP contribution >= 0.6 is 11.8 Å². The molecule has 24 heavy (non-hydrogen) atoms. The molecule has 0 saturated heterocycles. The molecule has 0 heterocycles. The molecule has 3 nitrogen and oxygen atoms in total. The number of halogens is 1. The maximum absolute atomic E-state index is 13.5. The van der Waals surface area contributed by atoms with Crippen LogP contribution in [0.2, 0.25) is 0 Å². The number of amides is 1. The summed E-state index contributed by atoms with van der Waals surface area (Å²) in [4.78, 5) is 12.0. The van der Waals surface area contributed by atoms with Crippen molar-refractivity contribution in [2.75, 3.05) is 12.3 Å². The van der Waals surface area contributed by atoms with E-state index in [1.165, 1.54) is 6.07 Å². The Labute approximate surface area is 146 Å². The topological polar surface area (TPSA) is 38.3 Å². The number of thioether (sulfide) groups is 1. The van der Waals surface area contributed by atoms with E-state index in [-0.39, 0.29) is 11.7 Å². The first-order valence-electron chi connectivity index (χ1n) is 7.88. The molecule has 0 aliphatic heterocycles. The first-order valence-corrected chi connectivity index (χ1v) is 9.04. The van der Waals surface area contributed by atoms with Crippen LogP contribution in [0.15, 0.2) is 48.5 Å². The number of benzene rings is 2. The fraction of sp³-hybridized carbons (Fsp3) is 0.316. The summed E-state index contributed by atoms with van der Waals surface area (Å²) in [5.41, 5.74) is 1.83. The van der Waals surface area contributed by atoms with Gasteiger partial charge in [0.05, 0.1) is 0 Å². The van der Waals surface area contributed by atoms with Crippen molar-refractivity contribution in [1.29, 1.82) is 0 Å². The molecule has 5 heteroatoms. The third-order valence-corrected chi connectivity index (χ3v) is 4.47. The number of rotatable bonds is 8. The summed E-state index contributed by atoms with van der Waals surface area (Å²) < 4.78 is 19.1. The first-order chi connectivity index (χ1) is 11.6. The van der Waals surface area contributed by atoms with Crippen molar-refractivity contribution in [1.82, 2.24) is 5.32 Å². The van der Waals surface area contributed by atoms with Crippen molar-refractivity contribution >= 4 is 17.7 Å². The van der Waals surface area contributed by atoms with E-state index in [4.69, 9.17) is 4.74 Å². The van der Waals surface area contributed by atoms with E-state index < -0.39 is 6.10 Å². The van der Waals surface area contributed by atoms with Crippen LogP contribution in [0.1, 0.15) is 18.1 Å². The number of hydrogen-bond acceptors (Lipinski definition) is 3. The van der Waals surface area contributed by atoms with Gasteiger partial charge in [0.15, 0.2) is 6.10 Å². The number of carbonyl (C=O) groups excluding carboxylic acids is 1. The Bertz CT molecular complexity index is 661. The predicted octanol–water partition coefficient (Wildman–Crippen LogP) is 3.95. The number of carbonyl (C=O) groups is 1. The minimum Gasteiger partial charge on any atom is -0.481 e. The fourth-order valence-corrected chi connectivity index (χ4v) is 2.91. The molecule has 0 radical (unpaired) electrons. The largest absolute Gasteiger partial charge is 0.481 e. The van der Waals surface area contributed by atoms with Crippen molar-refractivity contribution in [3.8, 4) is 5.75 Å². The predicted molar refractivity (Wildman–Crippen MR) is 96.8 cm³/mol. The smallest absolute Gasteiger partial charge is 0.260 e. The zero-order valence-corrected chi connectivity index (χ0v) is 14.7. The van der Waals surface area contributed by atoms with Crippen LogP contribution in [0.3, 0.4) is 0 Å². The Morgan fingerprint density at radius 1 is 1.21 bits per heavy atom. The van der Waals surface area contributed by atoms with Gasteiger partial charge in [-0.15, -0.1) is 0 Å². The minimum atomic E-state index is -0.552. The number of ether oxygens (including phenoxy) is 1. The molecule has 0 bridgehead atoms. The van der Waals surface area contributed by atoms with Crippen molar-refractivity contribution in [2.45, 2.75) is 25.7 Å². The van der Waals surface area contributed by atoms with Crippen LogP contribution in [0.4, 0.5) is 4.39 Å². The highest BCUT2D eigenvalue weighted by Gasteiger charge is 2.13. The van der Waals surface area contributed by atoms with Gasteiger partial charge in [0.1, 0.15) is 11.6 Å². The van der Waals surface area contributed by atoms with E-state index >= 15 is 0 Å². The Hall–Kier alpha value is -2.01. The van der Waals surface area contributed by atoms with Gasteiger partial charge in [-0.25, -0.2) is 4.39 Å². The molecular weight excluding hydrogens is 325 g/mol. The second kappa shape index (κ2) is 9.33. The van der Waals surface area contributed by atoms with Crippen molar-refractivity contribution in [3.63, 3.8) is 0 Å². The Morgan fingerprint density at radius 2 is 1.92 bits per heavy atom. The average molecular weight is 347 g/mol. The van der Waals surface area contributed by atoms with Gasteiger partial charge in [-0.3, -0.25) is 4.79 Å². The molecule has 1 amide bonds. The summed E-state index contributed by atoms with van der Waals surface area (Å²) in [7, 11) is 0. The lowest BCUT2D eigenvalue weighted by atomic mass is 10.2. The monoisotopic (exact) mass is 347 g/mol. The van der Waals surface area contributed by atoms with E-state index in [0.717, 1.165) is 11.3 Å². The third kappa shape index (κ3) is 5.89. The molecular formula is C19H22FNO2S. The molecule has 2 rings (SSSR count). The zero-order chi connectivity index (χ0) is 17.4. The highest BCUT2D eigenvalue weighted by atomic mass is 32.2. The summed E-state index contributed by atoms with van der Waals surface area (Å²) in [5, 5.41) is 2.84.